The van der Waals surface area contributed by atoms with Gasteiger partial charge in [-0.3, -0.25) is 10.1 Å². The van der Waals surface area contributed by atoms with Crippen molar-refractivity contribution in [2.45, 2.75) is 0 Å². The van der Waals surface area contributed by atoms with Crippen LogP contribution in [0.1, 0.15) is 5.56 Å². The number of nitro groups is 1. The van der Waals surface area contributed by atoms with Crippen molar-refractivity contribution in [3.63, 3.8) is 0 Å². The summed E-state index contributed by atoms with van der Waals surface area (Å²) in [5.74, 6) is 1.57. The van der Waals surface area contributed by atoms with E-state index in [4.69, 9.17) is 5.26 Å². The molecule has 6 heteroatoms. The second-order valence-corrected chi connectivity index (χ2v) is 2.40. The van der Waals surface area contributed by atoms with Crippen LogP contribution in [-0.2, 0) is 0 Å². The fraction of sp³-hybridized carbons (Fsp3) is 0. The number of hydrogen-bond acceptors (Lipinski definition) is 3. The average molecular weight is 208 g/mol. The van der Waals surface area contributed by atoms with Crippen LogP contribution in [0.4, 0.5) is 14.5 Å². The molecule has 0 aliphatic rings. The van der Waals surface area contributed by atoms with Crippen LogP contribution >= 0.6 is 0 Å². The Bertz CT molecular complexity index is 523. The Balaban J connectivity index is 3.37. The van der Waals surface area contributed by atoms with Gasteiger partial charge in [0.25, 0.3) is 0 Å². The topological polar surface area (TPSA) is 66.9 Å². The van der Waals surface area contributed by atoms with Crippen LogP contribution in [0.15, 0.2) is 12.1 Å². The van der Waals surface area contributed by atoms with Crippen molar-refractivity contribution in [2.24, 2.45) is 0 Å². The molecule has 0 unspecified atom stereocenters. The van der Waals surface area contributed by atoms with Crippen molar-refractivity contribution < 1.29 is 13.7 Å². The summed E-state index contributed by atoms with van der Waals surface area (Å²) in [6, 6.07) is 2.42. The molecule has 0 heterocycles. The first-order valence-electron chi connectivity index (χ1n) is 3.60. The van der Waals surface area contributed by atoms with Crippen LogP contribution in [0.3, 0.4) is 0 Å². The molecule has 0 spiro atoms. The Kier molecular flexibility index (Phi) is 2.94. The first kappa shape index (κ1) is 10.6. The van der Waals surface area contributed by atoms with Gasteiger partial charge in [0.1, 0.15) is 5.82 Å². The predicted molar refractivity (Wildman–Crippen MR) is 45.5 cm³/mol. The summed E-state index contributed by atoms with van der Waals surface area (Å²) in [6.07, 6.45) is 0. The molecule has 15 heavy (non-hydrogen) atoms. The van der Waals surface area contributed by atoms with E-state index in [0.29, 0.717) is 12.1 Å². The number of hydrogen-bond donors (Lipinski definition) is 0. The normalized spacial score (nSPS) is 8.60. The lowest BCUT2D eigenvalue weighted by Gasteiger charge is -1.96. The van der Waals surface area contributed by atoms with Gasteiger partial charge in [0.15, 0.2) is 6.07 Å². The Morgan fingerprint density at radius 3 is 2.53 bits per heavy atom. The van der Waals surface area contributed by atoms with E-state index < -0.39 is 22.2 Å². The highest BCUT2D eigenvalue weighted by molar-refractivity contribution is 5.46. The summed E-state index contributed by atoms with van der Waals surface area (Å²) in [6.45, 7) is 0. The highest BCUT2D eigenvalue weighted by atomic mass is 19.1. The van der Waals surface area contributed by atoms with Gasteiger partial charge in [-0.05, 0) is 5.92 Å². The maximum Gasteiger partial charge on any atom is 0.306 e. The van der Waals surface area contributed by atoms with Crippen LogP contribution < -0.4 is 0 Å². The molecular weight excluding hydrogens is 206 g/mol. The van der Waals surface area contributed by atoms with E-state index in [0.717, 1.165) is 0 Å². The number of halogens is 2. The van der Waals surface area contributed by atoms with Crippen molar-refractivity contribution in [2.75, 3.05) is 0 Å². The number of benzene rings is 1. The maximum atomic E-state index is 12.9. The minimum Gasteiger partial charge on any atom is -0.258 e. The maximum absolute atomic E-state index is 12.9. The first-order chi connectivity index (χ1) is 7.06. The minimum absolute atomic E-state index is 0.361. The lowest BCUT2D eigenvalue weighted by Crippen LogP contribution is -1.95. The molecule has 0 aromatic heterocycles. The minimum atomic E-state index is -1.28. The molecule has 0 atom stereocenters. The van der Waals surface area contributed by atoms with Crippen molar-refractivity contribution >= 4 is 5.69 Å². The molecule has 0 fully saturated rings. The van der Waals surface area contributed by atoms with Gasteiger partial charge in [0, 0.05) is 18.1 Å². The van der Waals surface area contributed by atoms with Crippen molar-refractivity contribution in [1.29, 1.82) is 5.26 Å². The quantitative estimate of drug-likeness (QED) is 0.401. The molecule has 0 N–H and O–H groups in total. The fourth-order valence-electron chi connectivity index (χ4n) is 0.869. The molecule has 74 valence electrons. The zero-order valence-corrected chi connectivity index (χ0v) is 7.12. The third-order valence-electron chi connectivity index (χ3n) is 1.49. The summed E-state index contributed by atoms with van der Waals surface area (Å²) < 4.78 is 25.8. The lowest BCUT2D eigenvalue weighted by atomic mass is 10.2. The van der Waals surface area contributed by atoms with Gasteiger partial charge >= 0.3 is 5.69 Å². The zero-order valence-electron chi connectivity index (χ0n) is 7.12. The standard InChI is InChI=1S/C9H2F2N2O2/c10-7-5-8(11)9(13(14)15)4-6(7)2-1-3-12/h4-5H. The van der Waals surface area contributed by atoms with Crippen LogP contribution in [-0.4, -0.2) is 4.92 Å². The number of nitriles is 1. The molecule has 0 saturated carbocycles. The molecule has 1 aromatic rings. The smallest absolute Gasteiger partial charge is 0.258 e. The second-order valence-electron chi connectivity index (χ2n) is 2.40. The van der Waals surface area contributed by atoms with Crippen LogP contribution in [0.5, 0.6) is 0 Å². The van der Waals surface area contributed by atoms with Gasteiger partial charge in [-0.15, -0.1) is 0 Å². The third-order valence-corrected chi connectivity index (χ3v) is 1.49. The van der Waals surface area contributed by atoms with Gasteiger partial charge in [0.05, 0.1) is 10.5 Å². The molecule has 0 aliphatic carbocycles. The van der Waals surface area contributed by atoms with Crippen molar-refractivity contribution in [3.05, 3.63) is 39.4 Å². The largest absolute Gasteiger partial charge is 0.306 e. The van der Waals surface area contributed by atoms with Crippen molar-refractivity contribution in [1.82, 2.24) is 0 Å². The summed E-state index contributed by atoms with van der Waals surface area (Å²) in [5, 5.41) is 18.4. The highest BCUT2D eigenvalue weighted by Gasteiger charge is 2.17. The van der Waals surface area contributed by atoms with E-state index in [1.54, 1.807) is 0 Å². The summed E-state index contributed by atoms with van der Waals surface area (Å²) in [7, 11) is 0. The van der Waals surface area contributed by atoms with E-state index >= 15 is 0 Å². The summed E-state index contributed by atoms with van der Waals surface area (Å²) in [5.41, 5.74) is -1.26. The molecule has 0 radical (unpaired) electrons. The number of nitro benzene ring substituents is 1. The summed E-state index contributed by atoms with van der Waals surface area (Å²) in [4.78, 5) is 9.30. The van der Waals surface area contributed by atoms with Gasteiger partial charge < -0.3 is 0 Å². The van der Waals surface area contributed by atoms with Gasteiger partial charge in [0.2, 0.25) is 5.82 Å². The summed E-state index contributed by atoms with van der Waals surface area (Å²) >= 11 is 0. The predicted octanol–water partition coefficient (Wildman–Crippen LogP) is 1.75. The van der Waals surface area contributed by atoms with Gasteiger partial charge in [-0.2, -0.15) is 9.65 Å². The van der Waals surface area contributed by atoms with E-state index in [1.165, 1.54) is 6.07 Å². The monoisotopic (exact) mass is 208 g/mol. The van der Waals surface area contributed by atoms with Crippen LogP contribution in [0.25, 0.3) is 0 Å². The Hall–Kier alpha value is -2.47. The van der Waals surface area contributed by atoms with Crippen LogP contribution in [0, 0.1) is 44.9 Å². The zero-order chi connectivity index (χ0) is 11.4. The molecule has 0 bridgehead atoms. The second kappa shape index (κ2) is 4.16. The van der Waals surface area contributed by atoms with E-state index in [1.807, 2.05) is 11.8 Å². The number of rotatable bonds is 1. The molecule has 4 nitrogen and oxygen atoms in total. The third kappa shape index (κ3) is 2.26. The Morgan fingerprint density at radius 1 is 1.33 bits per heavy atom. The molecule has 0 aliphatic heterocycles. The van der Waals surface area contributed by atoms with E-state index in [9.17, 15) is 18.9 Å². The van der Waals surface area contributed by atoms with Gasteiger partial charge in [-0.25, -0.2) is 4.39 Å². The van der Waals surface area contributed by atoms with Crippen LogP contribution in [0.2, 0.25) is 0 Å². The Labute approximate surface area is 82.9 Å². The average Bonchev–Trinajstić information content (AvgIpc) is 2.16. The van der Waals surface area contributed by atoms with E-state index in [-0.39, 0.29) is 5.56 Å². The lowest BCUT2D eigenvalue weighted by molar-refractivity contribution is -0.387. The highest BCUT2D eigenvalue weighted by Crippen LogP contribution is 2.20. The van der Waals surface area contributed by atoms with Gasteiger partial charge in [-0.1, -0.05) is 0 Å². The molecular formula is C9H2F2N2O2. The number of nitrogens with zero attached hydrogens (tertiary/aromatic N) is 2. The Morgan fingerprint density at radius 2 is 2.00 bits per heavy atom. The van der Waals surface area contributed by atoms with E-state index in [2.05, 4.69) is 0 Å². The molecule has 1 rings (SSSR count). The SMILES string of the molecule is N#CC#Cc1cc([N+](=O)[O-])c(F)cc1F. The molecule has 1 aromatic carbocycles. The molecule has 0 amide bonds. The van der Waals surface area contributed by atoms with Crippen molar-refractivity contribution in [3.8, 4) is 17.9 Å². The first-order valence-corrected chi connectivity index (χ1v) is 3.60. The fourth-order valence-corrected chi connectivity index (χ4v) is 0.869. The molecule has 0 saturated heterocycles.